The Labute approximate surface area is 186 Å². The number of thioether (sulfide) groups is 1. The van der Waals surface area contributed by atoms with E-state index in [0.717, 1.165) is 34.6 Å². The van der Waals surface area contributed by atoms with Crippen molar-refractivity contribution < 1.29 is 9.53 Å². The summed E-state index contributed by atoms with van der Waals surface area (Å²) in [6, 6.07) is 12.4. The predicted octanol–water partition coefficient (Wildman–Crippen LogP) is 5.90. The lowest BCUT2D eigenvalue weighted by molar-refractivity contribution is 0.0786. The molecule has 1 fully saturated rings. The molecule has 0 bridgehead atoms. The standard InChI is InChI=1S/C24H28BrNO2S/c1-16-6-8-19(9-7-16)29-24(14-26-10-4-5-17(2)13-26)15-28-22-11-18(3)21(25)12-20(22)23(24)27/h6-9,11-12,17H,4-5,10,13-15H2,1-3H3/t17-,24-/m0/s1. The van der Waals surface area contributed by atoms with Crippen LogP contribution in [0.3, 0.4) is 0 Å². The molecular formula is C24H28BrNO2S. The zero-order chi connectivity index (χ0) is 20.6. The smallest absolute Gasteiger partial charge is 0.187 e. The minimum atomic E-state index is -0.631. The van der Waals surface area contributed by atoms with Gasteiger partial charge in [0.25, 0.3) is 0 Å². The number of nitrogens with zero attached hydrogens (tertiary/aromatic N) is 1. The molecule has 0 unspecified atom stereocenters. The number of ether oxygens (including phenoxy) is 1. The lowest BCUT2D eigenvalue weighted by Crippen LogP contribution is -2.54. The normalized spacial score (nSPS) is 24.8. The molecule has 29 heavy (non-hydrogen) atoms. The number of rotatable bonds is 4. The van der Waals surface area contributed by atoms with Gasteiger partial charge >= 0.3 is 0 Å². The third-order valence-electron chi connectivity index (χ3n) is 5.93. The van der Waals surface area contributed by atoms with E-state index in [1.165, 1.54) is 18.4 Å². The number of carbonyl (C=O) groups is 1. The summed E-state index contributed by atoms with van der Waals surface area (Å²) in [5.74, 6) is 1.57. The average molecular weight is 474 g/mol. The Hall–Kier alpha value is -1.30. The number of carbonyl (C=O) groups excluding carboxylic acids is 1. The summed E-state index contributed by atoms with van der Waals surface area (Å²) >= 11 is 5.26. The van der Waals surface area contributed by atoms with Gasteiger partial charge in [-0.3, -0.25) is 4.79 Å². The zero-order valence-electron chi connectivity index (χ0n) is 17.3. The number of fused-ring (bicyclic) bond motifs is 1. The van der Waals surface area contributed by atoms with E-state index in [2.05, 4.69) is 58.9 Å². The van der Waals surface area contributed by atoms with Gasteiger partial charge in [0, 0.05) is 22.5 Å². The van der Waals surface area contributed by atoms with Crippen molar-refractivity contribution in [2.75, 3.05) is 26.2 Å². The van der Waals surface area contributed by atoms with Gasteiger partial charge in [-0.2, -0.15) is 0 Å². The molecular weight excluding hydrogens is 446 g/mol. The highest BCUT2D eigenvalue weighted by atomic mass is 79.9. The number of likely N-dealkylation sites (tertiary alicyclic amines) is 1. The summed E-state index contributed by atoms with van der Waals surface area (Å²) in [5, 5.41) is 0. The Balaban J connectivity index is 1.70. The third-order valence-corrected chi connectivity index (χ3v) is 8.12. The molecule has 2 aliphatic rings. The van der Waals surface area contributed by atoms with Crippen LogP contribution in [0.1, 0.15) is 41.3 Å². The second-order valence-corrected chi connectivity index (χ2v) is 10.9. The Kier molecular flexibility index (Phi) is 6.10. The number of aryl methyl sites for hydroxylation is 2. The molecule has 0 aromatic heterocycles. The molecule has 0 aliphatic carbocycles. The maximum atomic E-state index is 13.9. The monoisotopic (exact) mass is 473 g/mol. The van der Waals surface area contributed by atoms with Gasteiger partial charge in [0.1, 0.15) is 17.1 Å². The van der Waals surface area contributed by atoms with Gasteiger partial charge in [-0.1, -0.05) is 40.5 Å². The van der Waals surface area contributed by atoms with Gasteiger partial charge < -0.3 is 9.64 Å². The lowest BCUT2D eigenvalue weighted by Gasteiger charge is -2.41. The molecule has 4 rings (SSSR count). The molecule has 2 aliphatic heterocycles. The number of piperidine rings is 1. The highest BCUT2D eigenvalue weighted by Crippen LogP contribution is 2.43. The molecule has 2 heterocycles. The summed E-state index contributed by atoms with van der Waals surface area (Å²) in [6.45, 7) is 9.65. The summed E-state index contributed by atoms with van der Waals surface area (Å²) in [6.07, 6.45) is 2.47. The quantitative estimate of drug-likeness (QED) is 0.552. The number of halogens is 1. The summed E-state index contributed by atoms with van der Waals surface area (Å²) < 4.78 is 6.54. The van der Waals surface area contributed by atoms with Crippen LogP contribution in [0.15, 0.2) is 45.8 Å². The van der Waals surface area contributed by atoms with E-state index in [4.69, 9.17) is 4.74 Å². The summed E-state index contributed by atoms with van der Waals surface area (Å²) in [7, 11) is 0. The molecule has 0 N–H and O–H groups in total. The molecule has 3 nitrogen and oxygen atoms in total. The number of benzene rings is 2. The van der Waals surface area contributed by atoms with Crippen LogP contribution in [0, 0.1) is 19.8 Å². The first-order chi connectivity index (χ1) is 13.9. The van der Waals surface area contributed by atoms with Crippen LogP contribution in [0.5, 0.6) is 5.75 Å². The van der Waals surface area contributed by atoms with Crippen molar-refractivity contribution in [3.8, 4) is 5.75 Å². The van der Waals surface area contributed by atoms with Gasteiger partial charge in [0.05, 0.1) is 5.56 Å². The fourth-order valence-electron chi connectivity index (χ4n) is 4.31. The fourth-order valence-corrected chi connectivity index (χ4v) is 5.94. The number of ketones is 1. The van der Waals surface area contributed by atoms with E-state index in [0.29, 0.717) is 23.8 Å². The van der Waals surface area contributed by atoms with E-state index in [1.807, 2.05) is 19.1 Å². The summed E-state index contributed by atoms with van der Waals surface area (Å²) in [5.41, 5.74) is 3.00. The largest absolute Gasteiger partial charge is 0.491 e. The molecule has 0 saturated carbocycles. The molecule has 2 aromatic rings. The Morgan fingerprint density at radius 2 is 2.00 bits per heavy atom. The lowest BCUT2D eigenvalue weighted by atomic mass is 9.91. The first-order valence-electron chi connectivity index (χ1n) is 10.3. The molecule has 2 atom stereocenters. The van der Waals surface area contributed by atoms with Crippen molar-refractivity contribution in [3.63, 3.8) is 0 Å². The predicted molar refractivity (Wildman–Crippen MR) is 123 cm³/mol. The first kappa shape index (κ1) is 21.0. The van der Waals surface area contributed by atoms with Gasteiger partial charge in [0.15, 0.2) is 5.78 Å². The van der Waals surface area contributed by atoms with Crippen molar-refractivity contribution in [2.24, 2.45) is 5.92 Å². The van der Waals surface area contributed by atoms with Crippen LogP contribution in [-0.4, -0.2) is 41.7 Å². The minimum Gasteiger partial charge on any atom is -0.491 e. The highest BCUT2D eigenvalue weighted by Gasteiger charge is 2.47. The van der Waals surface area contributed by atoms with Gasteiger partial charge in [-0.05, 0) is 69.0 Å². The van der Waals surface area contributed by atoms with Crippen molar-refractivity contribution in [3.05, 3.63) is 57.6 Å². The van der Waals surface area contributed by atoms with Crippen LogP contribution in [0.25, 0.3) is 0 Å². The van der Waals surface area contributed by atoms with Gasteiger partial charge in [-0.15, -0.1) is 11.8 Å². The molecule has 2 aromatic carbocycles. The van der Waals surface area contributed by atoms with E-state index in [-0.39, 0.29) is 5.78 Å². The van der Waals surface area contributed by atoms with Crippen LogP contribution in [-0.2, 0) is 0 Å². The Morgan fingerprint density at radius 1 is 1.24 bits per heavy atom. The number of Topliss-reactive ketones (excluding diaryl/α,β-unsaturated/α-hetero) is 1. The topological polar surface area (TPSA) is 29.5 Å². The van der Waals surface area contributed by atoms with Gasteiger partial charge in [0.2, 0.25) is 0 Å². The molecule has 1 saturated heterocycles. The second-order valence-electron chi connectivity index (χ2n) is 8.61. The molecule has 0 spiro atoms. The molecule has 154 valence electrons. The highest BCUT2D eigenvalue weighted by molar-refractivity contribution is 9.10. The van der Waals surface area contributed by atoms with E-state index in [9.17, 15) is 4.79 Å². The molecule has 5 heteroatoms. The molecule has 0 amide bonds. The van der Waals surface area contributed by atoms with Crippen LogP contribution < -0.4 is 4.74 Å². The number of hydrogen-bond acceptors (Lipinski definition) is 4. The average Bonchev–Trinajstić information content (AvgIpc) is 2.69. The second kappa shape index (κ2) is 8.44. The third kappa shape index (κ3) is 4.42. The zero-order valence-corrected chi connectivity index (χ0v) is 19.7. The van der Waals surface area contributed by atoms with Crippen molar-refractivity contribution in [1.82, 2.24) is 4.90 Å². The Morgan fingerprint density at radius 3 is 2.72 bits per heavy atom. The van der Waals surface area contributed by atoms with Crippen LogP contribution >= 0.6 is 27.7 Å². The fraction of sp³-hybridized carbons (Fsp3) is 0.458. The van der Waals surface area contributed by atoms with E-state index < -0.39 is 4.75 Å². The van der Waals surface area contributed by atoms with Gasteiger partial charge in [-0.25, -0.2) is 0 Å². The van der Waals surface area contributed by atoms with Crippen molar-refractivity contribution in [2.45, 2.75) is 43.3 Å². The van der Waals surface area contributed by atoms with Crippen molar-refractivity contribution in [1.29, 1.82) is 0 Å². The maximum Gasteiger partial charge on any atom is 0.187 e. The Bertz CT molecular complexity index is 914. The van der Waals surface area contributed by atoms with Crippen LogP contribution in [0.4, 0.5) is 0 Å². The minimum absolute atomic E-state index is 0.184. The SMILES string of the molecule is Cc1ccc(S[C@@]2(CN3CCC[C@H](C)C3)COc3cc(C)c(Br)cc3C2=O)cc1. The van der Waals surface area contributed by atoms with E-state index in [1.54, 1.807) is 11.8 Å². The van der Waals surface area contributed by atoms with E-state index >= 15 is 0 Å². The van der Waals surface area contributed by atoms with Crippen LogP contribution in [0.2, 0.25) is 0 Å². The molecule has 0 radical (unpaired) electrons. The summed E-state index contributed by atoms with van der Waals surface area (Å²) in [4.78, 5) is 17.5. The first-order valence-corrected chi connectivity index (χ1v) is 11.9. The number of hydrogen-bond donors (Lipinski definition) is 0. The maximum absolute atomic E-state index is 13.9. The van der Waals surface area contributed by atoms with Crippen molar-refractivity contribution >= 4 is 33.5 Å².